The van der Waals surface area contributed by atoms with Crippen molar-refractivity contribution in [2.45, 2.75) is 39.7 Å². The van der Waals surface area contributed by atoms with Gasteiger partial charge < -0.3 is 24.8 Å². The van der Waals surface area contributed by atoms with Gasteiger partial charge in [-0.1, -0.05) is 13.8 Å². The summed E-state index contributed by atoms with van der Waals surface area (Å²) in [5.41, 5.74) is 1.53. The van der Waals surface area contributed by atoms with Crippen LogP contribution in [0.4, 0.5) is 11.4 Å². The second kappa shape index (κ2) is 9.32. The highest BCUT2D eigenvalue weighted by Crippen LogP contribution is 2.33. The van der Waals surface area contributed by atoms with E-state index in [1.54, 1.807) is 43.3 Å². The third kappa shape index (κ3) is 4.99. The summed E-state index contributed by atoms with van der Waals surface area (Å²) in [6, 6.07) is 10.2. The number of fused-ring (bicyclic) bond motifs is 1. The standard InChI is InChI=1S/C22H26N2O5/c1-4-10-27-19-8-6-15(12-20(19)28-11-5-2)22(26)23-16-7-9-18-17(13-16)24-21(25)14(3)29-18/h6-9,12-14H,4-5,10-11H2,1-3H3,(H,23,26)(H,24,25). The number of hydrogen-bond acceptors (Lipinski definition) is 5. The lowest BCUT2D eigenvalue weighted by Crippen LogP contribution is -2.34. The van der Waals surface area contributed by atoms with Crippen LogP contribution < -0.4 is 24.8 Å². The minimum absolute atomic E-state index is 0.221. The fourth-order valence-electron chi connectivity index (χ4n) is 2.80. The van der Waals surface area contributed by atoms with E-state index in [0.29, 0.717) is 47.4 Å². The van der Waals surface area contributed by atoms with Gasteiger partial charge in [-0.15, -0.1) is 0 Å². The van der Waals surface area contributed by atoms with Crippen molar-refractivity contribution in [1.82, 2.24) is 0 Å². The Labute approximate surface area is 170 Å². The van der Waals surface area contributed by atoms with Gasteiger partial charge in [0, 0.05) is 11.3 Å². The fourth-order valence-corrected chi connectivity index (χ4v) is 2.80. The molecule has 154 valence electrons. The molecule has 1 heterocycles. The summed E-state index contributed by atoms with van der Waals surface area (Å²) in [6.07, 6.45) is 1.19. The van der Waals surface area contributed by atoms with Gasteiger partial charge in [0.1, 0.15) is 5.75 Å². The van der Waals surface area contributed by atoms with Crippen molar-refractivity contribution in [1.29, 1.82) is 0 Å². The van der Waals surface area contributed by atoms with Crippen LogP contribution in [-0.2, 0) is 4.79 Å². The van der Waals surface area contributed by atoms with E-state index in [-0.39, 0.29) is 11.8 Å². The number of rotatable bonds is 8. The predicted octanol–water partition coefficient (Wildman–Crippen LogP) is 4.24. The molecule has 2 N–H and O–H groups in total. The van der Waals surface area contributed by atoms with Crippen LogP contribution in [0, 0.1) is 0 Å². The van der Waals surface area contributed by atoms with Gasteiger partial charge >= 0.3 is 0 Å². The Bertz CT molecular complexity index is 897. The molecular formula is C22H26N2O5. The quantitative estimate of drug-likeness (QED) is 0.695. The summed E-state index contributed by atoms with van der Waals surface area (Å²) in [7, 11) is 0. The Balaban J connectivity index is 1.76. The maximum atomic E-state index is 12.7. The summed E-state index contributed by atoms with van der Waals surface area (Å²) in [4.78, 5) is 24.5. The van der Waals surface area contributed by atoms with Crippen molar-refractivity contribution in [2.75, 3.05) is 23.8 Å². The lowest BCUT2D eigenvalue weighted by molar-refractivity contribution is -0.122. The van der Waals surface area contributed by atoms with Crippen LogP contribution in [0.25, 0.3) is 0 Å². The molecular weight excluding hydrogens is 372 g/mol. The van der Waals surface area contributed by atoms with Gasteiger partial charge in [0.25, 0.3) is 11.8 Å². The molecule has 3 rings (SSSR count). The van der Waals surface area contributed by atoms with Crippen LogP contribution in [0.2, 0.25) is 0 Å². The molecule has 1 unspecified atom stereocenters. The van der Waals surface area contributed by atoms with Crippen LogP contribution in [0.3, 0.4) is 0 Å². The van der Waals surface area contributed by atoms with Crippen molar-refractivity contribution in [2.24, 2.45) is 0 Å². The van der Waals surface area contributed by atoms with Crippen molar-refractivity contribution in [3.05, 3.63) is 42.0 Å². The molecule has 1 aliphatic rings. The average Bonchev–Trinajstić information content (AvgIpc) is 2.72. The van der Waals surface area contributed by atoms with E-state index in [1.165, 1.54) is 0 Å². The Hall–Kier alpha value is -3.22. The van der Waals surface area contributed by atoms with Crippen molar-refractivity contribution < 1.29 is 23.8 Å². The highest BCUT2D eigenvalue weighted by molar-refractivity contribution is 6.05. The third-order valence-corrected chi connectivity index (χ3v) is 4.30. The molecule has 7 nitrogen and oxygen atoms in total. The first-order valence-corrected chi connectivity index (χ1v) is 9.84. The van der Waals surface area contributed by atoms with Gasteiger partial charge in [0.05, 0.1) is 18.9 Å². The van der Waals surface area contributed by atoms with E-state index in [4.69, 9.17) is 14.2 Å². The van der Waals surface area contributed by atoms with Gasteiger partial charge in [0.2, 0.25) is 0 Å². The van der Waals surface area contributed by atoms with Crippen LogP contribution >= 0.6 is 0 Å². The molecule has 2 aromatic rings. The number of ether oxygens (including phenoxy) is 3. The Morgan fingerprint density at radius 2 is 1.79 bits per heavy atom. The molecule has 0 aliphatic carbocycles. The zero-order valence-electron chi connectivity index (χ0n) is 16.9. The van der Waals surface area contributed by atoms with E-state index in [9.17, 15) is 9.59 Å². The van der Waals surface area contributed by atoms with Crippen molar-refractivity contribution in [3.63, 3.8) is 0 Å². The molecule has 0 fully saturated rings. The third-order valence-electron chi connectivity index (χ3n) is 4.30. The van der Waals surface area contributed by atoms with Crippen molar-refractivity contribution >= 4 is 23.2 Å². The number of hydrogen-bond donors (Lipinski definition) is 2. The van der Waals surface area contributed by atoms with Crippen LogP contribution in [0.5, 0.6) is 17.2 Å². The molecule has 0 spiro atoms. The summed E-state index contributed by atoms with van der Waals surface area (Å²) in [6.45, 7) is 6.84. The first-order valence-electron chi connectivity index (χ1n) is 9.84. The molecule has 0 radical (unpaired) electrons. The van der Waals surface area contributed by atoms with E-state index >= 15 is 0 Å². The monoisotopic (exact) mass is 398 g/mol. The Morgan fingerprint density at radius 1 is 1.07 bits per heavy atom. The lowest BCUT2D eigenvalue weighted by atomic mass is 10.1. The lowest BCUT2D eigenvalue weighted by Gasteiger charge is -2.23. The first-order chi connectivity index (χ1) is 14.0. The summed E-state index contributed by atoms with van der Waals surface area (Å²) >= 11 is 0. The van der Waals surface area contributed by atoms with E-state index in [0.717, 1.165) is 12.8 Å². The number of amides is 2. The number of benzene rings is 2. The Kier molecular flexibility index (Phi) is 6.59. The van der Waals surface area contributed by atoms with Gasteiger partial charge in [-0.3, -0.25) is 9.59 Å². The molecule has 7 heteroatoms. The Morgan fingerprint density at radius 3 is 2.52 bits per heavy atom. The van der Waals surface area contributed by atoms with E-state index in [2.05, 4.69) is 10.6 Å². The minimum atomic E-state index is -0.544. The number of carbonyl (C=O) groups is 2. The molecule has 0 aromatic heterocycles. The van der Waals surface area contributed by atoms with E-state index in [1.807, 2.05) is 13.8 Å². The molecule has 0 bridgehead atoms. The zero-order chi connectivity index (χ0) is 20.8. The molecule has 2 amide bonds. The summed E-state index contributed by atoms with van der Waals surface area (Å²) < 4.78 is 17.0. The summed E-state index contributed by atoms with van der Waals surface area (Å²) in [5.74, 6) is 1.24. The second-order valence-corrected chi connectivity index (χ2v) is 6.77. The largest absolute Gasteiger partial charge is 0.490 e. The van der Waals surface area contributed by atoms with Crippen LogP contribution in [-0.4, -0.2) is 31.1 Å². The molecule has 0 saturated heterocycles. The number of carbonyl (C=O) groups excluding carboxylic acids is 2. The van der Waals surface area contributed by atoms with Crippen LogP contribution in [0.15, 0.2) is 36.4 Å². The highest BCUT2D eigenvalue weighted by Gasteiger charge is 2.23. The first kappa shape index (κ1) is 20.5. The zero-order valence-corrected chi connectivity index (χ0v) is 16.9. The smallest absolute Gasteiger partial charge is 0.265 e. The molecule has 2 aromatic carbocycles. The van der Waals surface area contributed by atoms with E-state index < -0.39 is 6.10 Å². The molecule has 1 aliphatic heterocycles. The van der Waals surface area contributed by atoms with Gasteiger partial charge in [-0.25, -0.2) is 0 Å². The van der Waals surface area contributed by atoms with Gasteiger partial charge in [-0.2, -0.15) is 0 Å². The normalized spacial score (nSPS) is 15.0. The molecule has 29 heavy (non-hydrogen) atoms. The number of anilines is 2. The van der Waals surface area contributed by atoms with Gasteiger partial charge in [0.15, 0.2) is 17.6 Å². The topological polar surface area (TPSA) is 85.9 Å². The number of nitrogens with one attached hydrogen (secondary N) is 2. The second-order valence-electron chi connectivity index (χ2n) is 6.77. The molecule has 0 saturated carbocycles. The maximum absolute atomic E-state index is 12.7. The SMILES string of the molecule is CCCOc1ccc(C(=O)Nc2ccc3c(c2)NC(=O)C(C)O3)cc1OCCC. The van der Waals surface area contributed by atoms with Crippen molar-refractivity contribution in [3.8, 4) is 17.2 Å². The minimum Gasteiger partial charge on any atom is -0.490 e. The molecule has 1 atom stereocenters. The predicted molar refractivity (Wildman–Crippen MR) is 111 cm³/mol. The fraction of sp³-hybridized carbons (Fsp3) is 0.364. The van der Waals surface area contributed by atoms with Gasteiger partial charge in [-0.05, 0) is 56.2 Å². The summed E-state index contributed by atoms with van der Waals surface area (Å²) in [5, 5.41) is 5.61. The van der Waals surface area contributed by atoms with Crippen LogP contribution in [0.1, 0.15) is 44.0 Å². The highest BCUT2D eigenvalue weighted by atomic mass is 16.5. The maximum Gasteiger partial charge on any atom is 0.265 e. The average molecular weight is 398 g/mol.